The molecule has 1 aliphatic carbocycles. The molecular formula is C10H15NOS. The highest BCUT2D eigenvalue weighted by molar-refractivity contribution is 8.02. The molecule has 0 aliphatic heterocycles. The van der Waals surface area contributed by atoms with Gasteiger partial charge in [0.15, 0.2) is 0 Å². The van der Waals surface area contributed by atoms with Crippen molar-refractivity contribution in [3.05, 3.63) is 22.8 Å². The predicted octanol–water partition coefficient (Wildman–Crippen LogP) is 2.44. The molecule has 0 saturated heterocycles. The van der Waals surface area contributed by atoms with Crippen LogP contribution in [0.3, 0.4) is 0 Å². The van der Waals surface area contributed by atoms with Crippen LogP contribution >= 0.6 is 11.8 Å². The molecule has 1 fully saturated rings. The highest BCUT2D eigenvalue weighted by Gasteiger charge is 2.16. The number of carbonyl (C=O) groups is 1. The second kappa shape index (κ2) is 4.51. The van der Waals surface area contributed by atoms with Crippen molar-refractivity contribution in [2.75, 3.05) is 6.26 Å². The zero-order chi connectivity index (χ0) is 9.84. The van der Waals surface area contributed by atoms with Crippen molar-refractivity contribution in [1.29, 1.82) is 0 Å². The molecule has 0 aromatic carbocycles. The SMILES string of the molecule is C=C1CCC/C1=C(\NC(C)=O)SC. The molecule has 0 unspecified atom stereocenters. The quantitative estimate of drug-likeness (QED) is 0.736. The van der Waals surface area contributed by atoms with Gasteiger partial charge in [-0.1, -0.05) is 6.58 Å². The summed E-state index contributed by atoms with van der Waals surface area (Å²) >= 11 is 1.59. The Bertz CT molecular complexity index is 268. The molecule has 3 heteroatoms. The van der Waals surface area contributed by atoms with Gasteiger partial charge in [0, 0.05) is 6.92 Å². The second-order valence-corrected chi connectivity index (χ2v) is 3.97. The van der Waals surface area contributed by atoms with E-state index < -0.39 is 0 Å². The van der Waals surface area contributed by atoms with E-state index in [9.17, 15) is 4.79 Å². The van der Waals surface area contributed by atoms with Gasteiger partial charge < -0.3 is 5.32 Å². The maximum absolute atomic E-state index is 10.9. The maximum atomic E-state index is 10.9. The van der Waals surface area contributed by atoms with Gasteiger partial charge in [0.2, 0.25) is 5.91 Å². The number of hydrogen-bond donors (Lipinski definition) is 1. The molecule has 1 aliphatic rings. The number of hydrogen-bond acceptors (Lipinski definition) is 2. The van der Waals surface area contributed by atoms with Gasteiger partial charge in [-0.25, -0.2) is 0 Å². The van der Waals surface area contributed by atoms with Crippen molar-refractivity contribution in [2.45, 2.75) is 26.2 Å². The van der Waals surface area contributed by atoms with Crippen LogP contribution in [0, 0.1) is 0 Å². The lowest BCUT2D eigenvalue weighted by Gasteiger charge is -2.09. The van der Waals surface area contributed by atoms with Gasteiger partial charge in [-0.05, 0) is 36.7 Å². The Morgan fingerprint density at radius 3 is 2.62 bits per heavy atom. The highest BCUT2D eigenvalue weighted by Crippen LogP contribution is 2.33. The summed E-state index contributed by atoms with van der Waals surface area (Å²) in [5.74, 6) is -0.00319. The van der Waals surface area contributed by atoms with E-state index in [1.165, 1.54) is 18.1 Å². The number of nitrogens with one attached hydrogen (secondary N) is 1. The van der Waals surface area contributed by atoms with Crippen LogP contribution in [0.2, 0.25) is 0 Å². The van der Waals surface area contributed by atoms with Crippen molar-refractivity contribution in [3.63, 3.8) is 0 Å². The van der Waals surface area contributed by atoms with Gasteiger partial charge >= 0.3 is 0 Å². The summed E-state index contributed by atoms with van der Waals surface area (Å²) in [4.78, 5) is 10.9. The minimum absolute atomic E-state index is 0.00319. The molecule has 1 amide bonds. The number of allylic oxidation sites excluding steroid dienone is 2. The Kier molecular flexibility index (Phi) is 3.60. The van der Waals surface area contributed by atoms with E-state index >= 15 is 0 Å². The summed E-state index contributed by atoms with van der Waals surface area (Å²) in [6.45, 7) is 5.53. The Morgan fingerprint density at radius 1 is 1.54 bits per heavy atom. The number of carbonyl (C=O) groups excluding carboxylic acids is 1. The molecule has 1 rings (SSSR count). The van der Waals surface area contributed by atoms with Crippen LogP contribution < -0.4 is 5.32 Å². The summed E-state index contributed by atoms with van der Waals surface area (Å²) in [6, 6.07) is 0. The van der Waals surface area contributed by atoms with E-state index in [0.717, 1.165) is 24.3 Å². The monoisotopic (exact) mass is 197 g/mol. The van der Waals surface area contributed by atoms with Crippen LogP contribution in [0.25, 0.3) is 0 Å². The highest BCUT2D eigenvalue weighted by atomic mass is 32.2. The van der Waals surface area contributed by atoms with Crippen molar-refractivity contribution >= 4 is 17.7 Å². The lowest BCUT2D eigenvalue weighted by atomic mass is 10.2. The van der Waals surface area contributed by atoms with Crippen molar-refractivity contribution in [3.8, 4) is 0 Å². The van der Waals surface area contributed by atoms with Gasteiger partial charge in [-0.15, -0.1) is 11.8 Å². The Labute approximate surface area is 83.5 Å². The fourth-order valence-electron chi connectivity index (χ4n) is 1.49. The summed E-state index contributed by atoms with van der Waals surface area (Å²) < 4.78 is 0. The van der Waals surface area contributed by atoms with Crippen LogP contribution in [0.1, 0.15) is 26.2 Å². The molecule has 0 aromatic rings. The van der Waals surface area contributed by atoms with Crippen LogP contribution in [0.4, 0.5) is 0 Å². The average Bonchev–Trinajstić information content (AvgIpc) is 2.47. The van der Waals surface area contributed by atoms with Crippen molar-refractivity contribution < 1.29 is 4.79 Å². The van der Waals surface area contributed by atoms with Crippen LogP contribution in [0.15, 0.2) is 22.8 Å². The summed E-state index contributed by atoms with van der Waals surface area (Å²) in [7, 11) is 0. The molecule has 1 saturated carbocycles. The van der Waals surface area contributed by atoms with E-state index in [0.29, 0.717) is 0 Å². The van der Waals surface area contributed by atoms with Gasteiger partial charge in [-0.2, -0.15) is 0 Å². The summed E-state index contributed by atoms with van der Waals surface area (Å²) in [5, 5.41) is 3.83. The minimum atomic E-state index is -0.00319. The largest absolute Gasteiger partial charge is 0.321 e. The third-order valence-corrected chi connectivity index (χ3v) is 2.86. The zero-order valence-electron chi connectivity index (χ0n) is 8.14. The van der Waals surface area contributed by atoms with Gasteiger partial charge in [0.1, 0.15) is 0 Å². The summed E-state index contributed by atoms with van der Waals surface area (Å²) in [6.07, 6.45) is 5.26. The first-order valence-electron chi connectivity index (χ1n) is 4.38. The first-order valence-corrected chi connectivity index (χ1v) is 5.60. The van der Waals surface area contributed by atoms with Crippen LogP contribution in [0.5, 0.6) is 0 Å². The lowest BCUT2D eigenvalue weighted by Crippen LogP contribution is -2.18. The fraction of sp³-hybridized carbons (Fsp3) is 0.500. The van der Waals surface area contributed by atoms with Gasteiger partial charge in [0.05, 0.1) is 5.03 Å². The third kappa shape index (κ3) is 2.62. The van der Waals surface area contributed by atoms with E-state index in [-0.39, 0.29) is 5.91 Å². The van der Waals surface area contributed by atoms with Crippen LogP contribution in [-0.2, 0) is 4.79 Å². The van der Waals surface area contributed by atoms with Crippen LogP contribution in [-0.4, -0.2) is 12.2 Å². The molecule has 72 valence electrons. The Balaban J connectivity index is 2.83. The molecule has 0 heterocycles. The molecule has 2 nitrogen and oxygen atoms in total. The Hall–Kier alpha value is -0.700. The molecule has 13 heavy (non-hydrogen) atoms. The predicted molar refractivity (Wildman–Crippen MR) is 57.3 cm³/mol. The maximum Gasteiger partial charge on any atom is 0.221 e. The molecule has 0 atom stereocenters. The standard InChI is InChI=1S/C10H15NOS/c1-7-5-4-6-9(7)10(13-3)11-8(2)12/h1,4-6H2,2-3H3,(H,11,12)/b10-9-. The first kappa shape index (κ1) is 10.4. The van der Waals surface area contributed by atoms with Gasteiger partial charge in [0.25, 0.3) is 0 Å². The first-order chi connectivity index (χ1) is 6.15. The van der Waals surface area contributed by atoms with Crippen molar-refractivity contribution in [2.24, 2.45) is 0 Å². The lowest BCUT2D eigenvalue weighted by molar-refractivity contribution is -0.118. The number of amides is 1. The van der Waals surface area contributed by atoms with E-state index in [2.05, 4.69) is 11.9 Å². The molecule has 0 radical (unpaired) electrons. The normalized spacial score (nSPS) is 20.3. The van der Waals surface area contributed by atoms with E-state index in [1.807, 2.05) is 6.26 Å². The van der Waals surface area contributed by atoms with E-state index in [4.69, 9.17) is 0 Å². The number of thioether (sulfide) groups is 1. The minimum Gasteiger partial charge on any atom is -0.321 e. The molecule has 0 aromatic heterocycles. The number of rotatable bonds is 2. The zero-order valence-corrected chi connectivity index (χ0v) is 8.96. The third-order valence-electron chi connectivity index (χ3n) is 2.10. The molecule has 0 bridgehead atoms. The molecule has 1 N–H and O–H groups in total. The fourth-order valence-corrected chi connectivity index (χ4v) is 2.23. The van der Waals surface area contributed by atoms with E-state index in [1.54, 1.807) is 11.8 Å². The topological polar surface area (TPSA) is 29.1 Å². The van der Waals surface area contributed by atoms with Crippen molar-refractivity contribution in [1.82, 2.24) is 5.32 Å². The summed E-state index contributed by atoms with van der Waals surface area (Å²) in [5.41, 5.74) is 2.42. The molecular weight excluding hydrogens is 182 g/mol. The van der Waals surface area contributed by atoms with Gasteiger partial charge in [-0.3, -0.25) is 4.79 Å². The second-order valence-electron chi connectivity index (χ2n) is 3.15. The average molecular weight is 197 g/mol. The smallest absolute Gasteiger partial charge is 0.221 e. The molecule has 0 spiro atoms. The Morgan fingerprint density at radius 2 is 2.23 bits per heavy atom.